The van der Waals surface area contributed by atoms with Crippen molar-refractivity contribution in [2.45, 2.75) is 38.8 Å². The highest BCUT2D eigenvalue weighted by Gasteiger charge is 2.26. The molecule has 0 aliphatic carbocycles. The van der Waals surface area contributed by atoms with Crippen LogP contribution in [-0.2, 0) is 0 Å². The van der Waals surface area contributed by atoms with Crippen LogP contribution in [0.3, 0.4) is 0 Å². The molecule has 0 spiro atoms. The number of rotatable bonds is 5. The quantitative estimate of drug-likeness (QED) is 0.816. The monoisotopic (exact) mass is 387 g/mol. The molecule has 1 aromatic heterocycles. The predicted molar refractivity (Wildman–Crippen MR) is 108 cm³/mol. The van der Waals surface area contributed by atoms with Crippen LogP contribution >= 0.6 is 11.3 Å². The molecule has 27 heavy (non-hydrogen) atoms. The number of carbonyl (C=O) groups is 2. The molecule has 3 rings (SSSR count). The number of likely N-dealkylation sites (tertiary alicyclic amines) is 1. The molecule has 1 aromatic carbocycles. The van der Waals surface area contributed by atoms with E-state index in [2.05, 4.69) is 10.6 Å². The smallest absolute Gasteiger partial charge is 0.319 e. The Hall–Kier alpha value is -2.54. The number of ether oxygens (including phenoxy) is 1. The van der Waals surface area contributed by atoms with Gasteiger partial charge in [0.1, 0.15) is 5.75 Å². The van der Waals surface area contributed by atoms with Gasteiger partial charge in [-0.1, -0.05) is 18.2 Å². The number of benzene rings is 1. The molecule has 2 aromatic rings. The summed E-state index contributed by atoms with van der Waals surface area (Å²) in [7, 11) is 0. The third kappa shape index (κ3) is 5.23. The number of hydrogen-bond acceptors (Lipinski definition) is 4. The van der Waals surface area contributed by atoms with E-state index in [0.29, 0.717) is 18.0 Å². The van der Waals surface area contributed by atoms with Gasteiger partial charge < -0.3 is 20.3 Å². The summed E-state index contributed by atoms with van der Waals surface area (Å²) in [6.07, 6.45) is 1.74. The fourth-order valence-electron chi connectivity index (χ4n) is 3.11. The number of anilines is 1. The molecule has 1 saturated heterocycles. The average Bonchev–Trinajstić information content (AvgIpc) is 3.17. The van der Waals surface area contributed by atoms with E-state index in [0.717, 1.165) is 24.3 Å². The molecule has 7 heteroatoms. The fraction of sp³-hybridized carbons (Fsp3) is 0.400. The van der Waals surface area contributed by atoms with Crippen LogP contribution in [0.15, 0.2) is 41.8 Å². The first-order valence-corrected chi connectivity index (χ1v) is 10.1. The van der Waals surface area contributed by atoms with Crippen molar-refractivity contribution < 1.29 is 14.3 Å². The number of piperidine rings is 1. The molecular weight excluding hydrogens is 362 g/mol. The van der Waals surface area contributed by atoms with Crippen LogP contribution in [0.4, 0.5) is 10.5 Å². The van der Waals surface area contributed by atoms with Gasteiger partial charge in [-0.25, -0.2) is 4.79 Å². The highest BCUT2D eigenvalue weighted by atomic mass is 32.1. The Morgan fingerprint density at radius 1 is 1.22 bits per heavy atom. The molecule has 2 N–H and O–H groups in total. The van der Waals surface area contributed by atoms with Crippen molar-refractivity contribution in [1.82, 2.24) is 10.2 Å². The maximum Gasteiger partial charge on any atom is 0.319 e. The van der Waals surface area contributed by atoms with E-state index in [9.17, 15) is 9.59 Å². The van der Waals surface area contributed by atoms with E-state index in [1.807, 2.05) is 60.5 Å². The molecule has 0 bridgehead atoms. The zero-order chi connectivity index (χ0) is 19.2. The molecular formula is C20H25N3O3S. The third-order valence-electron chi connectivity index (χ3n) is 4.27. The summed E-state index contributed by atoms with van der Waals surface area (Å²) in [6, 6.07) is 10.7. The first-order chi connectivity index (χ1) is 13.0. The lowest BCUT2D eigenvalue weighted by Gasteiger charge is -2.33. The van der Waals surface area contributed by atoms with Crippen molar-refractivity contribution in [3.63, 3.8) is 0 Å². The Kier molecular flexibility index (Phi) is 6.34. The third-order valence-corrected chi connectivity index (χ3v) is 5.13. The summed E-state index contributed by atoms with van der Waals surface area (Å²) in [5, 5.41) is 7.74. The second-order valence-electron chi connectivity index (χ2n) is 6.83. The molecule has 3 amide bonds. The van der Waals surface area contributed by atoms with Crippen molar-refractivity contribution in [2.75, 3.05) is 18.4 Å². The minimum atomic E-state index is -0.287. The first kappa shape index (κ1) is 19.2. The highest BCUT2D eigenvalue weighted by Crippen LogP contribution is 2.25. The minimum Gasteiger partial charge on any atom is -0.489 e. The largest absolute Gasteiger partial charge is 0.489 e. The number of amides is 3. The van der Waals surface area contributed by atoms with Crippen molar-refractivity contribution >= 4 is 29.0 Å². The van der Waals surface area contributed by atoms with Gasteiger partial charge in [0.2, 0.25) is 0 Å². The number of thiophene rings is 1. The summed E-state index contributed by atoms with van der Waals surface area (Å²) in [5.41, 5.74) is 0.631. The molecule has 1 fully saturated rings. The number of para-hydroxylation sites is 2. The van der Waals surface area contributed by atoms with E-state index in [1.54, 1.807) is 0 Å². The van der Waals surface area contributed by atoms with Crippen LogP contribution in [0.5, 0.6) is 5.75 Å². The average molecular weight is 388 g/mol. The molecule has 144 valence electrons. The van der Waals surface area contributed by atoms with Gasteiger partial charge in [-0.2, -0.15) is 0 Å². The van der Waals surface area contributed by atoms with E-state index in [1.165, 1.54) is 11.3 Å². The van der Waals surface area contributed by atoms with Crippen LogP contribution in [0.2, 0.25) is 0 Å². The molecule has 0 unspecified atom stereocenters. The van der Waals surface area contributed by atoms with Crippen LogP contribution in [0.25, 0.3) is 0 Å². The van der Waals surface area contributed by atoms with Crippen molar-refractivity contribution in [2.24, 2.45) is 0 Å². The van der Waals surface area contributed by atoms with Gasteiger partial charge in [-0.15, -0.1) is 11.3 Å². The summed E-state index contributed by atoms with van der Waals surface area (Å²) < 4.78 is 5.73. The minimum absolute atomic E-state index is 0.0196. The maximum atomic E-state index is 12.5. The number of urea groups is 1. The lowest BCUT2D eigenvalue weighted by atomic mass is 10.1. The Bertz CT molecular complexity index is 777. The Labute approximate surface area is 163 Å². The van der Waals surface area contributed by atoms with Gasteiger partial charge in [-0.3, -0.25) is 4.79 Å². The molecule has 1 atom stereocenters. The summed E-state index contributed by atoms with van der Waals surface area (Å²) in [6.45, 7) is 5.13. The number of hydrogen-bond donors (Lipinski definition) is 2. The molecule has 6 nitrogen and oxygen atoms in total. The SMILES string of the molecule is CC(C)Oc1ccccc1NC(=O)N[C@@H]1CCCN(C(=O)c2cccs2)C1. The first-order valence-electron chi connectivity index (χ1n) is 9.19. The number of carbonyl (C=O) groups excluding carboxylic acids is 2. The Morgan fingerprint density at radius 3 is 2.78 bits per heavy atom. The number of nitrogens with one attached hydrogen (secondary N) is 2. The lowest BCUT2D eigenvalue weighted by molar-refractivity contribution is 0.0703. The second-order valence-corrected chi connectivity index (χ2v) is 7.78. The van der Waals surface area contributed by atoms with Gasteiger partial charge in [0.05, 0.1) is 16.7 Å². The Morgan fingerprint density at radius 2 is 2.04 bits per heavy atom. The van der Waals surface area contributed by atoms with Gasteiger partial charge in [-0.05, 0) is 50.3 Å². The maximum absolute atomic E-state index is 12.5. The predicted octanol–water partition coefficient (Wildman–Crippen LogP) is 3.96. The highest BCUT2D eigenvalue weighted by molar-refractivity contribution is 7.12. The van der Waals surface area contributed by atoms with Crippen molar-refractivity contribution in [3.05, 3.63) is 46.7 Å². The zero-order valence-corrected chi connectivity index (χ0v) is 16.4. The standard InChI is InChI=1S/C20H25N3O3S/c1-14(2)26-17-9-4-3-8-16(17)22-20(25)21-15-7-5-11-23(13-15)19(24)18-10-6-12-27-18/h3-4,6,8-10,12,14-15H,5,7,11,13H2,1-2H3,(H2,21,22,25)/t15-/m1/s1. The topological polar surface area (TPSA) is 70.7 Å². The summed E-state index contributed by atoms with van der Waals surface area (Å²) in [5.74, 6) is 0.674. The molecule has 0 radical (unpaired) electrons. The fourth-order valence-corrected chi connectivity index (χ4v) is 3.80. The van der Waals surface area contributed by atoms with Crippen LogP contribution in [0.1, 0.15) is 36.4 Å². The van der Waals surface area contributed by atoms with Crippen molar-refractivity contribution in [1.29, 1.82) is 0 Å². The van der Waals surface area contributed by atoms with Crippen LogP contribution < -0.4 is 15.4 Å². The normalized spacial score (nSPS) is 16.9. The van der Waals surface area contributed by atoms with E-state index >= 15 is 0 Å². The van der Waals surface area contributed by atoms with Gasteiger partial charge >= 0.3 is 6.03 Å². The molecule has 1 aliphatic heterocycles. The van der Waals surface area contributed by atoms with Gasteiger partial charge in [0.25, 0.3) is 5.91 Å². The van der Waals surface area contributed by atoms with E-state index in [4.69, 9.17) is 4.74 Å². The van der Waals surface area contributed by atoms with E-state index in [-0.39, 0.29) is 24.1 Å². The second kappa shape index (κ2) is 8.90. The Balaban J connectivity index is 1.57. The zero-order valence-electron chi connectivity index (χ0n) is 15.6. The number of nitrogens with zero attached hydrogens (tertiary/aromatic N) is 1. The van der Waals surface area contributed by atoms with Gasteiger partial charge in [0.15, 0.2) is 0 Å². The molecule has 1 aliphatic rings. The van der Waals surface area contributed by atoms with Crippen molar-refractivity contribution in [3.8, 4) is 5.75 Å². The molecule has 2 heterocycles. The molecule has 0 saturated carbocycles. The summed E-state index contributed by atoms with van der Waals surface area (Å²) >= 11 is 1.44. The van der Waals surface area contributed by atoms with Gasteiger partial charge in [0, 0.05) is 19.1 Å². The van der Waals surface area contributed by atoms with Crippen LogP contribution in [-0.4, -0.2) is 42.1 Å². The van der Waals surface area contributed by atoms with Crippen LogP contribution in [0, 0.1) is 0 Å². The summed E-state index contributed by atoms with van der Waals surface area (Å²) in [4.78, 5) is 27.5. The van der Waals surface area contributed by atoms with E-state index < -0.39 is 0 Å². The lowest BCUT2D eigenvalue weighted by Crippen LogP contribution is -2.50.